The van der Waals surface area contributed by atoms with E-state index in [0.717, 1.165) is 20.9 Å². The highest BCUT2D eigenvalue weighted by Crippen LogP contribution is 2.35. The van der Waals surface area contributed by atoms with Crippen molar-refractivity contribution in [3.63, 3.8) is 0 Å². The van der Waals surface area contributed by atoms with Gasteiger partial charge in [0, 0.05) is 9.79 Å². The van der Waals surface area contributed by atoms with Crippen molar-refractivity contribution in [3.8, 4) is 0 Å². The summed E-state index contributed by atoms with van der Waals surface area (Å²) in [6.07, 6.45) is 2.37. The van der Waals surface area contributed by atoms with E-state index in [1.165, 1.54) is 12.1 Å². The Bertz CT molecular complexity index is 761. The predicted octanol–water partition coefficient (Wildman–Crippen LogP) is 3.90. The van der Waals surface area contributed by atoms with Crippen LogP contribution in [0.4, 0.5) is 9.18 Å². The quantitative estimate of drug-likeness (QED) is 0.660. The van der Waals surface area contributed by atoms with Crippen molar-refractivity contribution in [2.24, 2.45) is 5.73 Å². The molecule has 0 saturated carbocycles. The highest BCUT2D eigenvalue weighted by atomic mass is 32.2. The summed E-state index contributed by atoms with van der Waals surface area (Å²) in [6.45, 7) is 0. The van der Waals surface area contributed by atoms with Crippen molar-refractivity contribution in [2.45, 2.75) is 22.3 Å². The first-order valence-corrected chi connectivity index (χ1v) is 7.86. The number of primary amides is 1. The summed E-state index contributed by atoms with van der Waals surface area (Å²) in [7, 11) is 0. The molecule has 0 spiro atoms. The maximum Gasteiger partial charge on any atom is 0.339 e. The Morgan fingerprint density at radius 3 is 2.57 bits per heavy atom. The molecule has 0 heterocycles. The SMILES string of the molecule is NC(=O)N(O)C1C=C(c2cccc(Sc3ccc(F)cc3)c2)C1. The van der Waals surface area contributed by atoms with Crippen molar-refractivity contribution in [3.05, 3.63) is 66.0 Å². The van der Waals surface area contributed by atoms with Gasteiger partial charge in [-0.1, -0.05) is 30.0 Å². The molecule has 4 nitrogen and oxygen atoms in total. The highest BCUT2D eigenvalue weighted by molar-refractivity contribution is 7.99. The molecule has 3 rings (SSSR count). The summed E-state index contributed by atoms with van der Waals surface area (Å²) < 4.78 is 12.9. The number of nitrogens with zero attached hydrogens (tertiary/aromatic N) is 1. The van der Waals surface area contributed by atoms with E-state index in [1.807, 2.05) is 30.3 Å². The van der Waals surface area contributed by atoms with Crippen molar-refractivity contribution >= 4 is 23.4 Å². The zero-order valence-electron chi connectivity index (χ0n) is 12.1. The minimum absolute atomic E-state index is 0.253. The van der Waals surface area contributed by atoms with Crippen molar-refractivity contribution in [1.82, 2.24) is 5.06 Å². The van der Waals surface area contributed by atoms with E-state index in [1.54, 1.807) is 23.9 Å². The normalized spacial score (nSPS) is 16.4. The van der Waals surface area contributed by atoms with Gasteiger partial charge >= 0.3 is 6.03 Å². The van der Waals surface area contributed by atoms with Gasteiger partial charge in [-0.05, 0) is 54.0 Å². The topological polar surface area (TPSA) is 66.6 Å². The largest absolute Gasteiger partial charge is 0.350 e. The minimum atomic E-state index is -0.856. The third-order valence-corrected chi connectivity index (χ3v) is 4.61. The van der Waals surface area contributed by atoms with Gasteiger partial charge in [0.2, 0.25) is 0 Å². The number of amides is 2. The molecule has 2 aromatic rings. The fourth-order valence-electron chi connectivity index (χ4n) is 2.36. The number of rotatable bonds is 4. The molecule has 0 fully saturated rings. The van der Waals surface area contributed by atoms with Gasteiger partial charge in [-0.3, -0.25) is 5.21 Å². The summed E-state index contributed by atoms with van der Waals surface area (Å²) in [5, 5.41) is 10.0. The number of hydrogen-bond donors (Lipinski definition) is 2. The van der Waals surface area contributed by atoms with Gasteiger partial charge in [-0.15, -0.1) is 0 Å². The molecule has 2 amide bonds. The lowest BCUT2D eigenvalue weighted by Gasteiger charge is -2.30. The van der Waals surface area contributed by atoms with Crippen LogP contribution < -0.4 is 5.73 Å². The molecule has 0 bridgehead atoms. The van der Waals surface area contributed by atoms with Crippen molar-refractivity contribution in [1.29, 1.82) is 0 Å². The minimum Gasteiger partial charge on any atom is -0.350 e. The van der Waals surface area contributed by atoms with Crippen LogP contribution in [0.2, 0.25) is 0 Å². The molecule has 118 valence electrons. The lowest BCUT2D eigenvalue weighted by atomic mass is 9.87. The van der Waals surface area contributed by atoms with E-state index in [0.29, 0.717) is 11.5 Å². The van der Waals surface area contributed by atoms with Gasteiger partial charge in [0.25, 0.3) is 0 Å². The maximum absolute atomic E-state index is 12.9. The van der Waals surface area contributed by atoms with E-state index in [9.17, 15) is 14.4 Å². The lowest BCUT2D eigenvalue weighted by molar-refractivity contribution is -0.0631. The molecule has 1 aliphatic carbocycles. The molecule has 1 atom stereocenters. The number of carbonyl (C=O) groups excluding carboxylic acids is 1. The fourth-order valence-corrected chi connectivity index (χ4v) is 3.23. The van der Waals surface area contributed by atoms with E-state index in [4.69, 9.17) is 5.73 Å². The Balaban J connectivity index is 1.72. The number of carbonyl (C=O) groups is 1. The zero-order valence-corrected chi connectivity index (χ0v) is 13.0. The number of nitrogens with two attached hydrogens (primary N) is 1. The van der Waals surface area contributed by atoms with Crippen LogP contribution in [-0.2, 0) is 0 Å². The number of urea groups is 1. The van der Waals surface area contributed by atoms with E-state index in [-0.39, 0.29) is 11.9 Å². The Morgan fingerprint density at radius 2 is 1.91 bits per heavy atom. The first kappa shape index (κ1) is 15.6. The highest BCUT2D eigenvalue weighted by Gasteiger charge is 2.27. The van der Waals surface area contributed by atoms with Gasteiger partial charge in [-0.25, -0.2) is 9.18 Å². The van der Waals surface area contributed by atoms with Crippen molar-refractivity contribution in [2.75, 3.05) is 0 Å². The summed E-state index contributed by atoms with van der Waals surface area (Å²) >= 11 is 1.55. The standard InChI is InChI=1S/C17H15FN2O2S/c18-13-4-6-15(7-5-13)23-16-3-1-2-11(10-16)12-8-14(9-12)20(22)17(19)21/h1-8,10,14,22H,9H2,(H2,19,21). The van der Waals surface area contributed by atoms with E-state index >= 15 is 0 Å². The zero-order chi connectivity index (χ0) is 16.4. The number of hydrogen-bond acceptors (Lipinski definition) is 3. The first-order chi connectivity index (χ1) is 11.0. The molecule has 3 N–H and O–H groups in total. The van der Waals surface area contributed by atoms with Crippen LogP contribution in [0.15, 0.2) is 64.4 Å². The third-order valence-electron chi connectivity index (χ3n) is 3.62. The molecule has 1 aliphatic rings. The molecule has 0 saturated heterocycles. The average molecular weight is 330 g/mol. The molecule has 2 aromatic carbocycles. The average Bonchev–Trinajstić information content (AvgIpc) is 2.48. The molecule has 0 aliphatic heterocycles. The van der Waals surface area contributed by atoms with Gasteiger partial charge in [0.05, 0.1) is 6.04 Å². The Labute approximate surface area is 137 Å². The summed E-state index contributed by atoms with van der Waals surface area (Å²) in [4.78, 5) is 12.9. The monoisotopic (exact) mass is 330 g/mol. The van der Waals surface area contributed by atoms with Crippen LogP contribution in [-0.4, -0.2) is 22.3 Å². The Hall–Kier alpha value is -2.31. The van der Waals surface area contributed by atoms with Gasteiger partial charge in [0.15, 0.2) is 0 Å². The first-order valence-electron chi connectivity index (χ1n) is 7.05. The summed E-state index contributed by atoms with van der Waals surface area (Å²) in [6, 6.07) is 13.1. The maximum atomic E-state index is 12.9. The van der Waals surface area contributed by atoms with E-state index in [2.05, 4.69) is 0 Å². The van der Waals surface area contributed by atoms with Crippen molar-refractivity contribution < 1.29 is 14.4 Å². The molecule has 6 heteroatoms. The molecule has 1 unspecified atom stereocenters. The second-order valence-corrected chi connectivity index (χ2v) is 6.38. The van der Waals surface area contributed by atoms with Crippen LogP contribution in [0, 0.1) is 5.82 Å². The number of benzene rings is 2. The second kappa shape index (κ2) is 6.44. The molecular weight excluding hydrogens is 315 g/mol. The second-order valence-electron chi connectivity index (χ2n) is 5.23. The molecular formula is C17H15FN2O2S. The summed E-state index contributed by atoms with van der Waals surface area (Å²) in [5.74, 6) is -0.253. The molecule has 0 aromatic heterocycles. The van der Waals surface area contributed by atoms with Crippen LogP contribution in [0.25, 0.3) is 5.57 Å². The Kier molecular flexibility index (Phi) is 4.36. The third kappa shape index (κ3) is 3.55. The lowest BCUT2D eigenvalue weighted by Crippen LogP contribution is -2.43. The van der Waals surface area contributed by atoms with Crippen LogP contribution in [0.1, 0.15) is 12.0 Å². The van der Waals surface area contributed by atoms with Gasteiger partial charge in [0.1, 0.15) is 5.82 Å². The fraction of sp³-hybridized carbons (Fsp3) is 0.118. The summed E-state index contributed by atoms with van der Waals surface area (Å²) in [5.41, 5.74) is 7.12. The number of halogens is 1. The van der Waals surface area contributed by atoms with Crippen LogP contribution >= 0.6 is 11.8 Å². The van der Waals surface area contributed by atoms with Gasteiger partial charge in [-0.2, -0.15) is 5.06 Å². The predicted molar refractivity (Wildman–Crippen MR) is 86.6 cm³/mol. The number of hydroxylamine groups is 2. The molecule has 0 radical (unpaired) electrons. The van der Waals surface area contributed by atoms with E-state index < -0.39 is 6.03 Å². The Morgan fingerprint density at radius 1 is 1.22 bits per heavy atom. The smallest absolute Gasteiger partial charge is 0.339 e. The van der Waals surface area contributed by atoms with Gasteiger partial charge < -0.3 is 5.73 Å². The van der Waals surface area contributed by atoms with Crippen LogP contribution in [0.5, 0.6) is 0 Å². The van der Waals surface area contributed by atoms with Crippen LogP contribution in [0.3, 0.4) is 0 Å². The molecule has 23 heavy (non-hydrogen) atoms.